The maximum Gasteiger partial charge on any atom is 0.416 e. The van der Waals surface area contributed by atoms with Crippen LogP contribution in [0.4, 0.5) is 26.3 Å². The number of hydrogen-bond acceptors (Lipinski definition) is 4. The van der Waals surface area contributed by atoms with Crippen molar-refractivity contribution in [2.75, 3.05) is 13.1 Å². The SMILES string of the molecule is C=CCN(CC)NC(=O)/C=C\n1cnc(-c2cc(C(F)(F)F)cc(C(F)(F)F)c2)n1. The Morgan fingerprint density at radius 3 is 2.27 bits per heavy atom. The third-order valence-electron chi connectivity index (χ3n) is 3.73. The maximum absolute atomic E-state index is 13.0. The Kier molecular flexibility index (Phi) is 7.03. The number of carbonyl (C=O) groups excluding carboxylic acids is 1. The number of halogens is 6. The summed E-state index contributed by atoms with van der Waals surface area (Å²) in [7, 11) is 0. The quantitative estimate of drug-likeness (QED) is 0.311. The Labute approximate surface area is 167 Å². The molecule has 2 rings (SSSR count). The molecule has 0 aliphatic rings. The zero-order chi connectivity index (χ0) is 22.5. The Morgan fingerprint density at radius 1 is 1.17 bits per heavy atom. The molecule has 0 spiro atoms. The van der Waals surface area contributed by atoms with E-state index in [1.807, 2.05) is 6.92 Å². The molecule has 0 aliphatic carbocycles. The molecule has 0 saturated heterocycles. The molecule has 6 nitrogen and oxygen atoms in total. The zero-order valence-corrected chi connectivity index (χ0v) is 15.6. The van der Waals surface area contributed by atoms with Gasteiger partial charge < -0.3 is 0 Å². The molecule has 0 unspecified atom stereocenters. The molecular weight excluding hydrogens is 416 g/mol. The van der Waals surface area contributed by atoms with E-state index in [0.717, 1.165) is 23.3 Å². The minimum Gasteiger partial charge on any atom is -0.285 e. The van der Waals surface area contributed by atoms with Crippen LogP contribution in [0.15, 0.2) is 43.3 Å². The fourth-order valence-corrected chi connectivity index (χ4v) is 2.31. The van der Waals surface area contributed by atoms with Crippen LogP contribution >= 0.6 is 0 Å². The smallest absolute Gasteiger partial charge is 0.285 e. The van der Waals surface area contributed by atoms with Gasteiger partial charge in [-0.2, -0.15) is 26.3 Å². The van der Waals surface area contributed by atoms with E-state index in [2.05, 4.69) is 22.1 Å². The molecule has 1 N–H and O–H groups in total. The highest BCUT2D eigenvalue weighted by molar-refractivity contribution is 5.89. The predicted molar refractivity (Wildman–Crippen MR) is 96.4 cm³/mol. The monoisotopic (exact) mass is 433 g/mol. The highest BCUT2D eigenvalue weighted by Crippen LogP contribution is 2.37. The molecule has 0 aliphatic heterocycles. The number of nitrogens with zero attached hydrogens (tertiary/aromatic N) is 4. The number of amides is 1. The number of likely N-dealkylation sites (N-methyl/N-ethyl adjacent to an activating group) is 1. The lowest BCUT2D eigenvalue weighted by atomic mass is 10.0. The number of hydrogen-bond donors (Lipinski definition) is 1. The van der Waals surface area contributed by atoms with Crippen LogP contribution in [-0.4, -0.2) is 38.8 Å². The number of rotatable bonds is 7. The molecule has 0 fully saturated rings. The Balaban J connectivity index is 2.27. The summed E-state index contributed by atoms with van der Waals surface area (Å²) >= 11 is 0. The molecule has 0 atom stereocenters. The van der Waals surface area contributed by atoms with Crippen molar-refractivity contribution in [3.63, 3.8) is 0 Å². The van der Waals surface area contributed by atoms with Gasteiger partial charge in [0.15, 0.2) is 5.82 Å². The average Bonchev–Trinajstić information content (AvgIpc) is 3.13. The third-order valence-corrected chi connectivity index (χ3v) is 3.73. The Bertz CT molecular complexity index is 900. The highest BCUT2D eigenvalue weighted by Gasteiger charge is 2.37. The van der Waals surface area contributed by atoms with Gasteiger partial charge in [-0.05, 0) is 18.2 Å². The molecule has 162 valence electrons. The summed E-state index contributed by atoms with van der Waals surface area (Å²) in [4.78, 5) is 15.6. The molecular formula is C18H17F6N5O. The number of alkyl halides is 6. The van der Waals surface area contributed by atoms with Crippen molar-refractivity contribution in [2.24, 2.45) is 0 Å². The van der Waals surface area contributed by atoms with Crippen molar-refractivity contribution in [3.05, 3.63) is 54.4 Å². The fourth-order valence-electron chi connectivity index (χ4n) is 2.31. The summed E-state index contributed by atoms with van der Waals surface area (Å²) in [6.45, 7) is 6.27. The number of carbonyl (C=O) groups is 1. The molecule has 0 radical (unpaired) electrons. The molecule has 30 heavy (non-hydrogen) atoms. The van der Waals surface area contributed by atoms with Crippen molar-refractivity contribution >= 4 is 12.1 Å². The largest absolute Gasteiger partial charge is 0.416 e. The first-order valence-corrected chi connectivity index (χ1v) is 8.49. The van der Waals surface area contributed by atoms with E-state index in [1.54, 1.807) is 11.1 Å². The van der Waals surface area contributed by atoms with Crippen LogP contribution in [0.25, 0.3) is 17.6 Å². The van der Waals surface area contributed by atoms with Gasteiger partial charge in [0.2, 0.25) is 0 Å². The van der Waals surface area contributed by atoms with E-state index in [-0.39, 0.29) is 11.9 Å². The van der Waals surface area contributed by atoms with Crippen LogP contribution in [0.5, 0.6) is 0 Å². The van der Waals surface area contributed by atoms with Crippen molar-refractivity contribution < 1.29 is 31.1 Å². The topological polar surface area (TPSA) is 63.1 Å². The van der Waals surface area contributed by atoms with Crippen LogP contribution in [0.2, 0.25) is 0 Å². The maximum atomic E-state index is 13.0. The first kappa shape index (κ1) is 23.1. The summed E-state index contributed by atoms with van der Waals surface area (Å²) in [5, 5.41) is 5.37. The fraction of sp³-hybridized carbons (Fsp3) is 0.278. The van der Waals surface area contributed by atoms with E-state index >= 15 is 0 Å². The summed E-state index contributed by atoms with van der Waals surface area (Å²) < 4.78 is 78.8. The van der Waals surface area contributed by atoms with Gasteiger partial charge in [-0.15, -0.1) is 11.7 Å². The van der Waals surface area contributed by atoms with E-state index < -0.39 is 35.0 Å². The normalized spacial score (nSPS) is 12.5. The second-order valence-electron chi connectivity index (χ2n) is 5.96. The lowest BCUT2D eigenvalue weighted by molar-refractivity contribution is -0.143. The standard InChI is InChI=1S/C18H17F6N5O/c1-3-6-28(4-2)26-15(30)5-7-29-11-25-16(27-29)12-8-13(17(19,20)21)10-14(9-12)18(22,23)24/h3,5,7-11H,1,4,6H2,2H3,(H,26,30)/b7-5-. The third kappa shape index (κ3) is 6.17. The average molecular weight is 433 g/mol. The van der Waals surface area contributed by atoms with Gasteiger partial charge in [-0.1, -0.05) is 13.0 Å². The number of hydrazine groups is 1. The van der Waals surface area contributed by atoms with Crippen LogP contribution in [0, 0.1) is 0 Å². The summed E-state index contributed by atoms with van der Waals surface area (Å²) in [6.07, 6.45) is -5.08. The molecule has 1 heterocycles. The van der Waals surface area contributed by atoms with Crippen molar-refractivity contribution in [3.8, 4) is 11.4 Å². The molecule has 0 bridgehead atoms. The lowest BCUT2D eigenvalue weighted by Gasteiger charge is -2.18. The lowest BCUT2D eigenvalue weighted by Crippen LogP contribution is -2.41. The Hall–Kier alpha value is -3.15. The summed E-state index contributed by atoms with van der Waals surface area (Å²) in [6, 6.07) is 1.08. The van der Waals surface area contributed by atoms with Gasteiger partial charge in [-0.25, -0.2) is 14.7 Å². The number of aromatic nitrogens is 3. The van der Waals surface area contributed by atoms with E-state index in [0.29, 0.717) is 25.2 Å². The first-order chi connectivity index (χ1) is 13.9. The van der Waals surface area contributed by atoms with E-state index in [4.69, 9.17) is 0 Å². The summed E-state index contributed by atoms with van der Waals surface area (Å²) in [5.41, 5.74) is -0.855. The number of nitrogens with one attached hydrogen (secondary N) is 1. The summed E-state index contributed by atoms with van der Waals surface area (Å²) in [5.74, 6) is -0.882. The van der Waals surface area contributed by atoms with Crippen molar-refractivity contribution in [1.29, 1.82) is 0 Å². The second kappa shape index (κ2) is 9.11. The van der Waals surface area contributed by atoms with Crippen LogP contribution < -0.4 is 5.43 Å². The molecule has 1 amide bonds. The van der Waals surface area contributed by atoms with Crippen LogP contribution in [0.3, 0.4) is 0 Å². The van der Waals surface area contributed by atoms with Gasteiger partial charge in [0.1, 0.15) is 6.33 Å². The first-order valence-electron chi connectivity index (χ1n) is 8.49. The predicted octanol–water partition coefficient (Wildman–Crippen LogP) is 3.99. The van der Waals surface area contributed by atoms with Gasteiger partial charge in [-0.3, -0.25) is 10.2 Å². The molecule has 12 heteroatoms. The van der Waals surface area contributed by atoms with Gasteiger partial charge in [0, 0.05) is 30.9 Å². The molecule has 0 saturated carbocycles. The van der Waals surface area contributed by atoms with Gasteiger partial charge in [0.25, 0.3) is 5.91 Å². The Morgan fingerprint density at radius 2 is 1.77 bits per heavy atom. The zero-order valence-electron chi connectivity index (χ0n) is 15.6. The highest BCUT2D eigenvalue weighted by atomic mass is 19.4. The second-order valence-corrected chi connectivity index (χ2v) is 5.96. The molecule has 1 aromatic carbocycles. The van der Waals surface area contributed by atoms with Crippen LogP contribution in [-0.2, 0) is 17.1 Å². The van der Waals surface area contributed by atoms with E-state index in [9.17, 15) is 31.1 Å². The van der Waals surface area contributed by atoms with Crippen molar-refractivity contribution in [1.82, 2.24) is 25.2 Å². The van der Waals surface area contributed by atoms with Crippen LogP contribution in [0.1, 0.15) is 18.1 Å². The molecule has 2 aromatic rings. The minimum absolute atomic E-state index is 0.0213. The minimum atomic E-state index is -4.98. The van der Waals surface area contributed by atoms with Crippen molar-refractivity contribution in [2.45, 2.75) is 19.3 Å². The molecule has 1 aromatic heterocycles. The van der Waals surface area contributed by atoms with Gasteiger partial charge in [0.05, 0.1) is 11.1 Å². The number of benzene rings is 1. The van der Waals surface area contributed by atoms with Gasteiger partial charge >= 0.3 is 12.4 Å². The van der Waals surface area contributed by atoms with E-state index in [1.165, 1.54) is 0 Å².